The van der Waals surface area contributed by atoms with E-state index in [1.165, 1.54) is 10.7 Å². The summed E-state index contributed by atoms with van der Waals surface area (Å²) in [5.41, 5.74) is 0. The summed E-state index contributed by atoms with van der Waals surface area (Å²) in [6.07, 6.45) is 0. The number of rotatable bonds is 3. The van der Waals surface area contributed by atoms with E-state index in [0.717, 1.165) is 0 Å². The average Bonchev–Trinajstić information content (AvgIpc) is 2.57. The Morgan fingerprint density at radius 2 is 0.667 bits per heavy atom. The third kappa shape index (κ3) is 6.35. The predicted octanol–water partition coefficient (Wildman–Crippen LogP) is 6.40. The van der Waals surface area contributed by atoms with E-state index in [4.69, 9.17) is 0 Å². The van der Waals surface area contributed by atoms with E-state index in [9.17, 15) is 17.3 Å². The zero-order chi connectivity index (χ0) is 17.4. The minimum absolute atomic E-state index is 1.49. The van der Waals surface area contributed by atoms with Crippen molar-refractivity contribution in [1.29, 1.82) is 0 Å². The van der Waals surface area contributed by atoms with Gasteiger partial charge in [0.1, 0.15) is 0 Å². The van der Waals surface area contributed by atoms with Gasteiger partial charge in [0, 0.05) is 0 Å². The molecule has 0 aliphatic carbocycles. The second kappa shape index (κ2) is 8.87. The molecular formula is C18H15BF4I-. The molecule has 0 saturated carbocycles. The predicted molar refractivity (Wildman–Crippen MR) is 99.6 cm³/mol. The van der Waals surface area contributed by atoms with Crippen molar-refractivity contribution in [3.05, 3.63) is 102 Å². The molecule has 0 saturated heterocycles. The van der Waals surface area contributed by atoms with Crippen LogP contribution in [0.15, 0.2) is 91.0 Å². The summed E-state index contributed by atoms with van der Waals surface area (Å²) in [5.74, 6) is 0. The summed E-state index contributed by atoms with van der Waals surface area (Å²) >= 11 is -1.52. The normalized spacial score (nSPS) is 11.2. The molecule has 0 amide bonds. The number of hydrogen-bond acceptors (Lipinski definition) is 0. The Bertz CT molecular complexity index is 618. The molecule has 0 N–H and O–H groups in total. The van der Waals surface area contributed by atoms with Crippen molar-refractivity contribution >= 4 is 27.1 Å². The molecule has 3 rings (SSSR count). The van der Waals surface area contributed by atoms with Gasteiger partial charge in [-0.15, -0.1) is 0 Å². The standard InChI is InChI=1S/C18H15I.BF4/c1-4-10-16(11-5-1)19(17-12-6-2-7-13-17)18-14-8-3-9-15-18;2-1(3,4)5/h1-15H;/q;-1. The molecule has 0 unspecified atom stereocenters. The van der Waals surface area contributed by atoms with E-state index in [1.54, 1.807) is 0 Å². The van der Waals surface area contributed by atoms with Crippen LogP contribution in [0.5, 0.6) is 0 Å². The number of hydrogen-bond donors (Lipinski definition) is 0. The molecule has 0 nitrogen and oxygen atoms in total. The van der Waals surface area contributed by atoms with Crippen LogP contribution in [-0.2, 0) is 0 Å². The van der Waals surface area contributed by atoms with Crippen LogP contribution in [0.3, 0.4) is 0 Å². The summed E-state index contributed by atoms with van der Waals surface area (Å²) in [5, 5.41) is 0. The SMILES string of the molecule is F[B-](F)(F)F.c1ccc(I(c2ccccc2)c2ccccc2)cc1. The molecule has 0 spiro atoms. The second-order valence-electron chi connectivity index (χ2n) is 4.67. The van der Waals surface area contributed by atoms with Crippen LogP contribution in [0.25, 0.3) is 0 Å². The van der Waals surface area contributed by atoms with Crippen molar-refractivity contribution in [2.75, 3.05) is 0 Å². The van der Waals surface area contributed by atoms with Crippen molar-refractivity contribution in [2.45, 2.75) is 0 Å². The first-order chi connectivity index (χ1) is 11.4. The molecule has 0 aliphatic heterocycles. The monoisotopic (exact) mass is 445 g/mol. The fraction of sp³-hybridized carbons (Fsp3) is 0. The topological polar surface area (TPSA) is 0 Å². The van der Waals surface area contributed by atoms with Crippen LogP contribution in [0.2, 0.25) is 0 Å². The van der Waals surface area contributed by atoms with Gasteiger partial charge in [-0.25, -0.2) is 0 Å². The van der Waals surface area contributed by atoms with E-state index in [1.807, 2.05) is 0 Å². The summed E-state index contributed by atoms with van der Waals surface area (Å²) in [7, 11) is -6.00. The Hall–Kier alpha value is -1.83. The molecule has 126 valence electrons. The quantitative estimate of drug-likeness (QED) is 0.249. The summed E-state index contributed by atoms with van der Waals surface area (Å²) < 4.78 is 43.5. The summed E-state index contributed by atoms with van der Waals surface area (Å²) in [6.45, 7) is 0. The first kappa shape index (κ1) is 18.5. The van der Waals surface area contributed by atoms with Crippen LogP contribution in [0.4, 0.5) is 17.3 Å². The van der Waals surface area contributed by atoms with Gasteiger partial charge in [-0.2, -0.15) is 0 Å². The van der Waals surface area contributed by atoms with Crippen LogP contribution in [0.1, 0.15) is 0 Å². The van der Waals surface area contributed by atoms with Gasteiger partial charge in [0.2, 0.25) is 0 Å². The van der Waals surface area contributed by atoms with Gasteiger partial charge >= 0.3 is 129 Å². The van der Waals surface area contributed by atoms with Crippen molar-refractivity contribution in [1.82, 2.24) is 0 Å². The molecule has 24 heavy (non-hydrogen) atoms. The van der Waals surface area contributed by atoms with Crippen LogP contribution in [-0.4, -0.2) is 7.25 Å². The number of halogens is 5. The molecule has 0 aromatic heterocycles. The van der Waals surface area contributed by atoms with E-state index in [0.29, 0.717) is 0 Å². The summed E-state index contributed by atoms with van der Waals surface area (Å²) in [6, 6.07) is 32.8. The van der Waals surface area contributed by atoms with Crippen LogP contribution in [0, 0.1) is 10.7 Å². The molecule has 0 aliphatic rings. The maximum atomic E-state index is 9.75. The van der Waals surface area contributed by atoms with E-state index >= 15 is 0 Å². The first-order valence-corrected chi connectivity index (χ1v) is 10.4. The zero-order valence-corrected chi connectivity index (χ0v) is 14.8. The van der Waals surface area contributed by atoms with Gasteiger partial charge in [0.05, 0.1) is 0 Å². The van der Waals surface area contributed by atoms with Gasteiger partial charge in [0.15, 0.2) is 0 Å². The van der Waals surface area contributed by atoms with Gasteiger partial charge < -0.3 is 17.3 Å². The minimum atomic E-state index is -6.00. The Morgan fingerprint density at radius 3 is 0.875 bits per heavy atom. The third-order valence-electron chi connectivity index (χ3n) is 2.85. The molecule has 0 heterocycles. The molecule has 0 fully saturated rings. The van der Waals surface area contributed by atoms with Gasteiger partial charge in [-0.3, -0.25) is 0 Å². The van der Waals surface area contributed by atoms with E-state index in [2.05, 4.69) is 91.0 Å². The van der Waals surface area contributed by atoms with Gasteiger partial charge in [-0.1, -0.05) is 0 Å². The Balaban J connectivity index is 0.000000368. The molecular weight excluding hydrogens is 430 g/mol. The Morgan fingerprint density at radius 1 is 0.458 bits per heavy atom. The third-order valence-corrected chi connectivity index (χ3v) is 8.75. The molecule has 0 radical (unpaired) electrons. The van der Waals surface area contributed by atoms with Crippen molar-refractivity contribution in [2.24, 2.45) is 0 Å². The Kier molecular flexibility index (Phi) is 6.84. The first-order valence-electron chi connectivity index (χ1n) is 7.17. The molecule has 3 aromatic rings. The average molecular weight is 445 g/mol. The fourth-order valence-corrected chi connectivity index (χ4v) is 7.56. The molecule has 6 heteroatoms. The fourth-order valence-electron chi connectivity index (χ4n) is 2.00. The molecule has 0 bridgehead atoms. The van der Waals surface area contributed by atoms with E-state index in [-0.39, 0.29) is 0 Å². The van der Waals surface area contributed by atoms with Crippen molar-refractivity contribution in [3.8, 4) is 0 Å². The van der Waals surface area contributed by atoms with E-state index < -0.39 is 27.1 Å². The molecule has 0 atom stereocenters. The Labute approximate surface area is 146 Å². The van der Waals surface area contributed by atoms with Gasteiger partial charge in [-0.05, 0) is 0 Å². The van der Waals surface area contributed by atoms with Crippen LogP contribution >= 0.6 is 19.8 Å². The molecule has 3 aromatic carbocycles. The van der Waals surface area contributed by atoms with Crippen molar-refractivity contribution in [3.63, 3.8) is 0 Å². The zero-order valence-electron chi connectivity index (χ0n) is 12.6. The number of benzene rings is 3. The van der Waals surface area contributed by atoms with Crippen molar-refractivity contribution < 1.29 is 17.3 Å². The second-order valence-corrected chi connectivity index (χ2v) is 10.0. The van der Waals surface area contributed by atoms with Crippen LogP contribution < -0.4 is 0 Å². The maximum absolute atomic E-state index is 9.75. The summed E-state index contributed by atoms with van der Waals surface area (Å²) in [4.78, 5) is 0. The van der Waals surface area contributed by atoms with Gasteiger partial charge in [0.25, 0.3) is 0 Å².